The topological polar surface area (TPSA) is 81.2 Å². The summed E-state index contributed by atoms with van der Waals surface area (Å²) in [7, 11) is -3.26. The van der Waals surface area contributed by atoms with Crippen molar-refractivity contribution in [2.24, 2.45) is 0 Å². The molecule has 0 atom stereocenters. The first-order chi connectivity index (χ1) is 9.99. The molecule has 0 fully saturated rings. The van der Waals surface area contributed by atoms with Crippen LogP contribution in [-0.2, 0) is 16.4 Å². The summed E-state index contributed by atoms with van der Waals surface area (Å²) in [5.41, 5.74) is 0.814. The third-order valence-corrected chi connectivity index (χ3v) is 3.82. The standard InChI is InChI=1S/C14H17N3O3S/c1-3-15-10-11-7-8-14(17-16-11)20-12-5-4-6-13(9-12)21(2,18)19/h4-9,15H,3,10H2,1-2H3. The quantitative estimate of drug-likeness (QED) is 0.876. The number of hydrogen-bond acceptors (Lipinski definition) is 6. The van der Waals surface area contributed by atoms with Crippen molar-refractivity contribution in [2.45, 2.75) is 18.4 Å². The summed E-state index contributed by atoms with van der Waals surface area (Å²) in [6.07, 6.45) is 1.15. The smallest absolute Gasteiger partial charge is 0.238 e. The van der Waals surface area contributed by atoms with Crippen LogP contribution < -0.4 is 10.1 Å². The van der Waals surface area contributed by atoms with E-state index >= 15 is 0 Å². The second kappa shape index (κ2) is 6.64. The summed E-state index contributed by atoms with van der Waals surface area (Å²) < 4.78 is 28.5. The van der Waals surface area contributed by atoms with Crippen LogP contribution in [0.3, 0.4) is 0 Å². The maximum Gasteiger partial charge on any atom is 0.238 e. The van der Waals surface area contributed by atoms with Crippen LogP contribution >= 0.6 is 0 Å². The number of ether oxygens (including phenoxy) is 1. The van der Waals surface area contributed by atoms with E-state index in [1.54, 1.807) is 18.2 Å². The molecule has 7 heteroatoms. The molecular weight excluding hydrogens is 290 g/mol. The lowest BCUT2D eigenvalue weighted by Gasteiger charge is -2.06. The second-order valence-corrected chi connectivity index (χ2v) is 6.51. The maximum absolute atomic E-state index is 11.5. The van der Waals surface area contributed by atoms with Gasteiger partial charge in [-0.15, -0.1) is 5.10 Å². The van der Waals surface area contributed by atoms with Gasteiger partial charge in [0, 0.05) is 18.9 Å². The molecule has 1 aromatic carbocycles. The Morgan fingerprint density at radius 1 is 1.19 bits per heavy atom. The molecule has 0 amide bonds. The van der Waals surface area contributed by atoms with Gasteiger partial charge in [0.2, 0.25) is 5.88 Å². The first kappa shape index (κ1) is 15.4. The van der Waals surface area contributed by atoms with E-state index in [0.717, 1.165) is 18.5 Å². The molecule has 1 N–H and O–H groups in total. The molecule has 0 bridgehead atoms. The first-order valence-corrected chi connectivity index (χ1v) is 8.39. The van der Waals surface area contributed by atoms with Crippen molar-refractivity contribution < 1.29 is 13.2 Å². The van der Waals surface area contributed by atoms with Crippen molar-refractivity contribution in [1.29, 1.82) is 0 Å². The van der Waals surface area contributed by atoms with Gasteiger partial charge >= 0.3 is 0 Å². The van der Waals surface area contributed by atoms with E-state index in [9.17, 15) is 8.42 Å². The van der Waals surface area contributed by atoms with E-state index in [0.29, 0.717) is 18.2 Å². The molecule has 0 radical (unpaired) electrons. The summed E-state index contributed by atoms with van der Waals surface area (Å²) in [4.78, 5) is 0.205. The fourth-order valence-corrected chi connectivity index (χ4v) is 2.29. The van der Waals surface area contributed by atoms with Crippen LogP contribution in [0.4, 0.5) is 0 Å². The fraction of sp³-hybridized carbons (Fsp3) is 0.286. The molecular formula is C14H17N3O3S. The van der Waals surface area contributed by atoms with E-state index in [2.05, 4.69) is 15.5 Å². The van der Waals surface area contributed by atoms with Gasteiger partial charge in [0.1, 0.15) is 5.75 Å². The molecule has 0 saturated heterocycles. The van der Waals surface area contributed by atoms with Crippen molar-refractivity contribution in [3.05, 3.63) is 42.1 Å². The van der Waals surface area contributed by atoms with Gasteiger partial charge in [0.05, 0.1) is 10.6 Å². The lowest BCUT2D eigenvalue weighted by atomic mass is 10.3. The fourth-order valence-electron chi connectivity index (χ4n) is 1.64. The molecule has 2 aromatic rings. The Bertz CT molecular complexity index is 700. The number of benzene rings is 1. The minimum Gasteiger partial charge on any atom is -0.437 e. The number of hydrogen-bond donors (Lipinski definition) is 1. The van der Waals surface area contributed by atoms with Crippen LogP contribution in [0.2, 0.25) is 0 Å². The minimum atomic E-state index is -3.26. The molecule has 0 unspecified atom stereocenters. The SMILES string of the molecule is CCNCc1ccc(Oc2cccc(S(C)(=O)=O)c2)nn1. The predicted molar refractivity (Wildman–Crippen MR) is 79.0 cm³/mol. The van der Waals surface area contributed by atoms with Gasteiger partial charge in [-0.1, -0.05) is 13.0 Å². The van der Waals surface area contributed by atoms with Crippen molar-refractivity contribution in [3.63, 3.8) is 0 Å². The van der Waals surface area contributed by atoms with Crippen LogP contribution in [0.5, 0.6) is 11.6 Å². The van der Waals surface area contributed by atoms with Crippen molar-refractivity contribution in [3.8, 4) is 11.6 Å². The lowest BCUT2D eigenvalue weighted by Crippen LogP contribution is -2.13. The zero-order valence-corrected chi connectivity index (χ0v) is 12.7. The van der Waals surface area contributed by atoms with Gasteiger partial charge < -0.3 is 10.1 Å². The Kier molecular flexibility index (Phi) is 4.87. The van der Waals surface area contributed by atoms with Gasteiger partial charge in [-0.05, 0) is 30.8 Å². The van der Waals surface area contributed by atoms with Crippen LogP contribution in [0.15, 0.2) is 41.3 Å². The highest BCUT2D eigenvalue weighted by molar-refractivity contribution is 7.90. The normalized spacial score (nSPS) is 11.3. The molecule has 112 valence electrons. The molecule has 0 spiro atoms. The third kappa shape index (κ3) is 4.51. The molecule has 6 nitrogen and oxygen atoms in total. The van der Waals surface area contributed by atoms with Crippen molar-refractivity contribution >= 4 is 9.84 Å². The molecule has 2 rings (SSSR count). The van der Waals surface area contributed by atoms with Gasteiger partial charge in [-0.2, -0.15) is 5.10 Å². The highest BCUT2D eigenvalue weighted by Gasteiger charge is 2.08. The Morgan fingerprint density at radius 3 is 2.62 bits per heavy atom. The van der Waals surface area contributed by atoms with Gasteiger partial charge in [0.15, 0.2) is 9.84 Å². The van der Waals surface area contributed by atoms with E-state index in [4.69, 9.17) is 4.74 Å². The third-order valence-electron chi connectivity index (χ3n) is 2.71. The Labute approximate surface area is 124 Å². The molecule has 0 aliphatic rings. The number of nitrogens with zero attached hydrogens (tertiary/aromatic N) is 2. The molecule has 1 heterocycles. The number of aromatic nitrogens is 2. The molecule has 1 aromatic heterocycles. The lowest BCUT2D eigenvalue weighted by molar-refractivity contribution is 0.451. The summed E-state index contributed by atoms with van der Waals surface area (Å²) in [6, 6.07) is 9.79. The summed E-state index contributed by atoms with van der Waals surface area (Å²) >= 11 is 0. The predicted octanol–water partition coefficient (Wildman–Crippen LogP) is 1.78. The Hall–Kier alpha value is -1.99. The van der Waals surface area contributed by atoms with Gasteiger partial charge in [-0.3, -0.25) is 0 Å². The second-order valence-electron chi connectivity index (χ2n) is 4.49. The van der Waals surface area contributed by atoms with Crippen molar-refractivity contribution in [1.82, 2.24) is 15.5 Å². The maximum atomic E-state index is 11.5. The largest absolute Gasteiger partial charge is 0.437 e. The molecule has 0 saturated carbocycles. The molecule has 0 aliphatic carbocycles. The van der Waals surface area contributed by atoms with Crippen LogP contribution in [0.25, 0.3) is 0 Å². The van der Waals surface area contributed by atoms with Crippen LogP contribution in [0, 0.1) is 0 Å². The summed E-state index contributed by atoms with van der Waals surface area (Å²) in [5.74, 6) is 0.729. The van der Waals surface area contributed by atoms with Crippen LogP contribution in [-0.4, -0.2) is 31.4 Å². The summed E-state index contributed by atoms with van der Waals surface area (Å²) in [6.45, 7) is 3.52. The van der Waals surface area contributed by atoms with E-state index in [-0.39, 0.29) is 4.90 Å². The number of nitrogens with one attached hydrogen (secondary N) is 1. The average molecular weight is 307 g/mol. The zero-order valence-electron chi connectivity index (χ0n) is 11.9. The monoisotopic (exact) mass is 307 g/mol. The molecule has 0 aliphatic heterocycles. The van der Waals surface area contributed by atoms with E-state index in [1.165, 1.54) is 12.1 Å². The average Bonchev–Trinajstić information content (AvgIpc) is 2.46. The highest BCUT2D eigenvalue weighted by atomic mass is 32.2. The van der Waals surface area contributed by atoms with Crippen LogP contribution in [0.1, 0.15) is 12.6 Å². The van der Waals surface area contributed by atoms with E-state index in [1.807, 2.05) is 13.0 Å². The number of sulfone groups is 1. The van der Waals surface area contributed by atoms with E-state index < -0.39 is 9.84 Å². The Balaban J connectivity index is 2.11. The Morgan fingerprint density at radius 2 is 2.00 bits per heavy atom. The number of rotatable bonds is 6. The molecule has 21 heavy (non-hydrogen) atoms. The van der Waals surface area contributed by atoms with Crippen molar-refractivity contribution in [2.75, 3.05) is 12.8 Å². The minimum absolute atomic E-state index is 0.205. The highest BCUT2D eigenvalue weighted by Crippen LogP contribution is 2.22. The van der Waals surface area contributed by atoms with Gasteiger partial charge in [-0.25, -0.2) is 8.42 Å². The zero-order chi connectivity index (χ0) is 15.3. The summed E-state index contributed by atoms with van der Waals surface area (Å²) in [5, 5.41) is 11.1. The van der Waals surface area contributed by atoms with Gasteiger partial charge in [0.25, 0.3) is 0 Å². The first-order valence-electron chi connectivity index (χ1n) is 6.50.